The number of benzene rings is 1. The molecule has 0 fully saturated rings. The van der Waals surface area contributed by atoms with Gasteiger partial charge in [0.1, 0.15) is 0 Å². The number of rotatable bonds is 5. The van der Waals surface area contributed by atoms with Gasteiger partial charge in [0.25, 0.3) is 0 Å². The Labute approximate surface area is 129 Å². The molecule has 114 valence electrons. The third-order valence-electron chi connectivity index (χ3n) is 4.40. The van der Waals surface area contributed by atoms with Crippen LogP contribution in [0.2, 0.25) is 5.02 Å². The van der Waals surface area contributed by atoms with Crippen molar-refractivity contribution in [1.82, 2.24) is 4.90 Å². The van der Waals surface area contributed by atoms with Gasteiger partial charge in [0.15, 0.2) is 0 Å². The Hall–Kier alpha value is -0.570. The molecule has 2 N–H and O–H groups in total. The highest BCUT2D eigenvalue weighted by atomic mass is 35.5. The number of hydrogen-bond donors (Lipinski definition) is 1. The topological polar surface area (TPSA) is 29.3 Å². The predicted molar refractivity (Wildman–Crippen MR) is 89.1 cm³/mol. The Kier molecular flexibility index (Phi) is 6.06. The Bertz CT molecular complexity index is 425. The minimum Gasteiger partial charge on any atom is -0.326 e. The van der Waals surface area contributed by atoms with E-state index in [4.69, 9.17) is 17.3 Å². The van der Waals surface area contributed by atoms with Crippen molar-refractivity contribution in [2.75, 3.05) is 7.05 Å². The maximum atomic E-state index is 6.40. The molecule has 0 saturated carbocycles. The van der Waals surface area contributed by atoms with E-state index in [1.54, 1.807) is 0 Å². The smallest absolute Gasteiger partial charge is 0.0513 e. The molecule has 0 amide bonds. The fraction of sp³-hybridized carbons (Fsp3) is 0.647. The molecule has 1 rings (SSSR count). The normalized spacial score (nSPS) is 17.1. The molecule has 20 heavy (non-hydrogen) atoms. The maximum Gasteiger partial charge on any atom is 0.0513 e. The van der Waals surface area contributed by atoms with Crippen molar-refractivity contribution >= 4 is 11.6 Å². The van der Waals surface area contributed by atoms with Gasteiger partial charge in [0.05, 0.1) is 6.04 Å². The number of hydrogen-bond acceptors (Lipinski definition) is 2. The molecule has 3 heteroatoms. The molecule has 0 radical (unpaired) electrons. The van der Waals surface area contributed by atoms with E-state index in [2.05, 4.69) is 52.6 Å². The van der Waals surface area contributed by atoms with Crippen LogP contribution in [0, 0.1) is 5.41 Å². The van der Waals surface area contributed by atoms with Crippen LogP contribution in [0.4, 0.5) is 0 Å². The molecule has 0 bridgehead atoms. The predicted octanol–water partition coefficient (Wildman–Crippen LogP) is 4.48. The number of likely N-dealkylation sites (N-methyl/N-ethyl adjacent to an activating group) is 1. The van der Waals surface area contributed by atoms with Crippen molar-refractivity contribution in [2.24, 2.45) is 11.1 Å². The van der Waals surface area contributed by atoms with Crippen LogP contribution in [0.5, 0.6) is 0 Å². The summed E-state index contributed by atoms with van der Waals surface area (Å²) in [6.45, 7) is 11.2. The molecular weight excluding hydrogens is 268 g/mol. The van der Waals surface area contributed by atoms with E-state index < -0.39 is 0 Å². The lowest BCUT2D eigenvalue weighted by molar-refractivity contribution is 0.0831. The molecule has 0 spiro atoms. The second kappa shape index (κ2) is 6.93. The van der Waals surface area contributed by atoms with Crippen LogP contribution < -0.4 is 5.73 Å². The molecule has 0 aliphatic heterocycles. The first-order valence-corrected chi connectivity index (χ1v) is 7.79. The first-order valence-electron chi connectivity index (χ1n) is 7.42. The van der Waals surface area contributed by atoms with E-state index in [0.717, 1.165) is 17.0 Å². The highest BCUT2D eigenvalue weighted by Crippen LogP contribution is 2.35. The molecule has 0 aromatic heterocycles. The summed E-state index contributed by atoms with van der Waals surface area (Å²) in [4.78, 5) is 2.37. The average molecular weight is 297 g/mol. The maximum absolute atomic E-state index is 6.40. The van der Waals surface area contributed by atoms with Crippen molar-refractivity contribution in [1.29, 1.82) is 0 Å². The summed E-state index contributed by atoms with van der Waals surface area (Å²) in [5.41, 5.74) is 7.72. The molecule has 0 aliphatic carbocycles. The quantitative estimate of drug-likeness (QED) is 0.868. The summed E-state index contributed by atoms with van der Waals surface area (Å²) in [7, 11) is 2.15. The second-order valence-electron chi connectivity index (χ2n) is 6.75. The van der Waals surface area contributed by atoms with Crippen LogP contribution in [-0.4, -0.2) is 24.0 Å². The van der Waals surface area contributed by atoms with E-state index in [0.29, 0.717) is 6.04 Å². The molecular formula is C17H29ClN2. The molecule has 2 nitrogen and oxygen atoms in total. The first kappa shape index (κ1) is 17.5. The summed E-state index contributed by atoms with van der Waals surface area (Å²) in [6, 6.07) is 8.66. The summed E-state index contributed by atoms with van der Waals surface area (Å²) in [5.74, 6) is 0. The Morgan fingerprint density at radius 3 is 2.25 bits per heavy atom. The molecule has 3 atom stereocenters. The van der Waals surface area contributed by atoms with Gasteiger partial charge in [-0.25, -0.2) is 0 Å². The first-order chi connectivity index (χ1) is 9.20. The fourth-order valence-electron chi connectivity index (χ4n) is 2.54. The lowest BCUT2D eigenvalue weighted by Crippen LogP contribution is -2.47. The highest BCUT2D eigenvalue weighted by molar-refractivity contribution is 6.31. The van der Waals surface area contributed by atoms with Gasteiger partial charge in [-0.1, -0.05) is 57.5 Å². The Morgan fingerprint density at radius 2 is 1.80 bits per heavy atom. The van der Waals surface area contributed by atoms with Gasteiger partial charge in [-0.3, -0.25) is 4.90 Å². The third-order valence-corrected chi connectivity index (χ3v) is 4.75. The van der Waals surface area contributed by atoms with Crippen LogP contribution in [0.3, 0.4) is 0 Å². The average Bonchev–Trinajstić information content (AvgIpc) is 2.38. The van der Waals surface area contributed by atoms with Gasteiger partial charge in [-0.2, -0.15) is 0 Å². The second-order valence-corrected chi connectivity index (χ2v) is 7.15. The van der Waals surface area contributed by atoms with Crippen LogP contribution >= 0.6 is 11.6 Å². The minimum atomic E-state index is 0.0738. The lowest BCUT2D eigenvalue weighted by atomic mass is 9.84. The summed E-state index contributed by atoms with van der Waals surface area (Å²) in [6.07, 6.45) is 0.928. The number of halogens is 1. The monoisotopic (exact) mass is 296 g/mol. The van der Waals surface area contributed by atoms with Gasteiger partial charge in [-0.05, 0) is 37.4 Å². The zero-order valence-electron chi connectivity index (χ0n) is 13.7. The summed E-state index contributed by atoms with van der Waals surface area (Å²) < 4.78 is 0. The van der Waals surface area contributed by atoms with Crippen LogP contribution in [0.25, 0.3) is 0 Å². The summed E-state index contributed by atoms with van der Waals surface area (Å²) in [5, 5.41) is 0.800. The largest absolute Gasteiger partial charge is 0.326 e. The van der Waals surface area contributed by atoms with Crippen LogP contribution in [-0.2, 0) is 0 Å². The van der Waals surface area contributed by atoms with E-state index in [1.807, 2.05) is 18.2 Å². The van der Waals surface area contributed by atoms with E-state index in [9.17, 15) is 0 Å². The van der Waals surface area contributed by atoms with Gasteiger partial charge in [0.2, 0.25) is 0 Å². The zero-order chi connectivity index (χ0) is 15.5. The Morgan fingerprint density at radius 1 is 1.25 bits per heavy atom. The number of nitrogens with two attached hydrogens (primary N) is 1. The molecule has 1 aromatic carbocycles. The van der Waals surface area contributed by atoms with E-state index >= 15 is 0 Å². The molecule has 1 aromatic rings. The molecule has 0 saturated heterocycles. The zero-order valence-corrected chi connectivity index (χ0v) is 14.4. The van der Waals surface area contributed by atoms with Crippen molar-refractivity contribution < 1.29 is 0 Å². The van der Waals surface area contributed by atoms with Crippen LogP contribution in [0.15, 0.2) is 24.3 Å². The van der Waals surface area contributed by atoms with Crippen molar-refractivity contribution in [2.45, 2.75) is 59.2 Å². The third kappa shape index (κ3) is 3.97. The Balaban J connectivity index is 3.17. The standard InChI is InChI=1S/C17H29ClN2/c1-7-15(19)16(13-10-8-9-11-14(13)18)20(6)12(2)17(3,4)5/h8-12,15-16H,7,19H2,1-6H3. The van der Waals surface area contributed by atoms with Gasteiger partial charge in [0, 0.05) is 17.1 Å². The summed E-state index contributed by atoms with van der Waals surface area (Å²) >= 11 is 6.40. The number of nitrogens with zero attached hydrogens (tertiary/aromatic N) is 1. The SMILES string of the molecule is CCC(N)C(c1ccccc1Cl)N(C)C(C)C(C)(C)C. The lowest BCUT2D eigenvalue weighted by Gasteiger charge is -2.42. The minimum absolute atomic E-state index is 0.0738. The molecule has 0 heterocycles. The van der Waals surface area contributed by atoms with E-state index in [-0.39, 0.29) is 17.5 Å². The van der Waals surface area contributed by atoms with Crippen molar-refractivity contribution in [3.05, 3.63) is 34.9 Å². The molecule has 0 aliphatic rings. The fourth-order valence-corrected chi connectivity index (χ4v) is 2.79. The molecule has 3 unspecified atom stereocenters. The highest BCUT2D eigenvalue weighted by Gasteiger charge is 2.32. The van der Waals surface area contributed by atoms with Gasteiger partial charge >= 0.3 is 0 Å². The van der Waals surface area contributed by atoms with Crippen LogP contribution in [0.1, 0.15) is 52.6 Å². The van der Waals surface area contributed by atoms with Crippen molar-refractivity contribution in [3.63, 3.8) is 0 Å². The van der Waals surface area contributed by atoms with Gasteiger partial charge < -0.3 is 5.73 Å². The van der Waals surface area contributed by atoms with Gasteiger partial charge in [-0.15, -0.1) is 0 Å². The van der Waals surface area contributed by atoms with Crippen molar-refractivity contribution in [3.8, 4) is 0 Å². The van der Waals surface area contributed by atoms with E-state index in [1.165, 1.54) is 0 Å².